The molecule has 116 valence electrons. The molecule has 1 aliphatic heterocycles. The highest BCUT2D eigenvalue weighted by molar-refractivity contribution is 5.60. The second-order valence-corrected chi connectivity index (χ2v) is 6.07. The number of nitrogens with zero attached hydrogens (tertiary/aromatic N) is 2. The SMILES string of the molecule is COc1cc(C)ccc1N1CCN(CCOC2CC2)CC1. The Bertz CT molecular complexity index is 466. The molecular weight excluding hydrogens is 264 g/mol. The van der Waals surface area contributed by atoms with Crippen molar-refractivity contribution in [2.45, 2.75) is 25.9 Å². The normalized spacial score (nSPS) is 19.8. The van der Waals surface area contributed by atoms with Crippen LogP contribution in [-0.4, -0.2) is 57.4 Å². The van der Waals surface area contributed by atoms with Crippen molar-refractivity contribution in [1.82, 2.24) is 4.90 Å². The van der Waals surface area contributed by atoms with Crippen LogP contribution in [0.1, 0.15) is 18.4 Å². The number of anilines is 1. The lowest BCUT2D eigenvalue weighted by atomic mass is 10.1. The zero-order valence-corrected chi connectivity index (χ0v) is 13.2. The van der Waals surface area contributed by atoms with Gasteiger partial charge in [-0.15, -0.1) is 0 Å². The number of aryl methyl sites for hydroxylation is 1. The van der Waals surface area contributed by atoms with Crippen molar-refractivity contribution in [2.75, 3.05) is 51.3 Å². The maximum Gasteiger partial charge on any atom is 0.142 e. The zero-order chi connectivity index (χ0) is 14.7. The monoisotopic (exact) mass is 290 g/mol. The maximum absolute atomic E-state index is 5.74. The Labute approximate surface area is 127 Å². The van der Waals surface area contributed by atoms with Gasteiger partial charge in [0.05, 0.1) is 25.5 Å². The Morgan fingerprint density at radius 2 is 1.90 bits per heavy atom. The number of rotatable bonds is 6. The molecule has 4 heteroatoms. The van der Waals surface area contributed by atoms with E-state index >= 15 is 0 Å². The van der Waals surface area contributed by atoms with Gasteiger partial charge in [-0.3, -0.25) is 4.90 Å². The van der Waals surface area contributed by atoms with Gasteiger partial charge in [-0.1, -0.05) is 6.07 Å². The number of hydrogen-bond acceptors (Lipinski definition) is 4. The van der Waals surface area contributed by atoms with Gasteiger partial charge in [0.25, 0.3) is 0 Å². The molecular formula is C17H26N2O2. The summed E-state index contributed by atoms with van der Waals surface area (Å²) in [5.74, 6) is 0.987. The standard InChI is InChI=1S/C17H26N2O2/c1-14-3-6-16(17(13-14)20-2)19-9-7-18(8-10-19)11-12-21-15-4-5-15/h3,6,13,15H,4-5,7-12H2,1-2H3. The smallest absolute Gasteiger partial charge is 0.142 e. The van der Waals surface area contributed by atoms with Gasteiger partial charge in [-0.05, 0) is 37.5 Å². The van der Waals surface area contributed by atoms with Crippen LogP contribution in [0.3, 0.4) is 0 Å². The van der Waals surface area contributed by atoms with Gasteiger partial charge in [0.2, 0.25) is 0 Å². The van der Waals surface area contributed by atoms with Crippen LogP contribution in [-0.2, 0) is 4.74 Å². The molecule has 1 saturated heterocycles. The second-order valence-electron chi connectivity index (χ2n) is 6.07. The lowest BCUT2D eigenvalue weighted by molar-refractivity contribution is 0.0899. The summed E-state index contributed by atoms with van der Waals surface area (Å²) in [6.45, 7) is 8.37. The summed E-state index contributed by atoms with van der Waals surface area (Å²) in [7, 11) is 1.75. The van der Waals surface area contributed by atoms with E-state index in [2.05, 4.69) is 34.9 Å². The topological polar surface area (TPSA) is 24.9 Å². The Morgan fingerprint density at radius 3 is 2.57 bits per heavy atom. The minimum absolute atomic E-state index is 0.572. The summed E-state index contributed by atoms with van der Waals surface area (Å²) in [4.78, 5) is 4.93. The largest absolute Gasteiger partial charge is 0.495 e. The van der Waals surface area contributed by atoms with Crippen LogP contribution in [0.5, 0.6) is 5.75 Å². The van der Waals surface area contributed by atoms with Crippen molar-refractivity contribution in [3.05, 3.63) is 23.8 Å². The van der Waals surface area contributed by atoms with E-state index in [0.29, 0.717) is 6.10 Å². The number of hydrogen-bond donors (Lipinski definition) is 0. The average molecular weight is 290 g/mol. The molecule has 0 unspecified atom stereocenters. The zero-order valence-electron chi connectivity index (χ0n) is 13.2. The number of piperazine rings is 1. The number of benzene rings is 1. The predicted molar refractivity (Wildman–Crippen MR) is 85.4 cm³/mol. The van der Waals surface area contributed by atoms with Gasteiger partial charge < -0.3 is 14.4 Å². The van der Waals surface area contributed by atoms with Crippen molar-refractivity contribution in [3.8, 4) is 5.75 Å². The summed E-state index contributed by atoms with van der Waals surface area (Å²) in [6, 6.07) is 6.46. The minimum atomic E-state index is 0.572. The van der Waals surface area contributed by atoms with E-state index in [0.717, 1.165) is 45.1 Å². The van der Waals surface area contributed by atoms with Crippen LogP contribution in [0, 0.1) is 6.92 Å². The fourth-order valence-electron chi connectivity index (χ4n) is 2.84. The summed E-state index contributed by atoms with van der Waals surface area (Å²) in [5.41, 5.74) is 2.46. The average Bonchev–Trinajstić information content (AvgIpc) is 3.32. The first-order chi connectivity index (χ1) is 10.3. The third-order valence-corrected chi connectivity index (χ3v) is 4.33. The van der Waals surface area contributed by atoms with E-state index in [4.69, 9.17) is 9.47 Å². The van der Waals surface area contributed by atoms with Gasteiger partial charge in [-0.25, -0.2) is 0 Å². The quantitative estimate of drug-likeness (QED) is 0.802. The van der Waals surface area contributed by atoms with Crippen LogP contribution >= 0.6 is 0 Å². The highest BCUT2D eigenvalue weighted by Gasteiger charge is 2.23. The second kappa shape index (κ2) is 6.67. The summed E-state index contributed by atoms with van der Waals surface area (Å²) >= 11 is 0. The molecule has 2 aliphatic rings. The van der Waals surface area contributed by atoms with Gasteiger partial charge in [0.1, 0.15) is 5.75 Å². The first kappa shape index (κ1) is 14.7. The van der Waals surface area contributed by atoms with Crippen LogP contribution in [0.25, 0.3) is 0 Å². The van der Waals surface area contributed by atoms with Gasteiger partial charge >= 0.3 is 0 Å². The number of methoxy groups -OCH3 is 1. The third-order valence-electron chi connectivity index (χ3n) is 4.33. The molecule has 4 nitrogen and oxygen atoms in total. The highest BCUT2D eigenvalue weighted by Crippen LogP contribution is 2.30. The van der Waals surface area contributed by atoms with E-state index in [-0.39, 0.29) is 0 Å². The Morgan fingerprint density at radius 1 is 1.14 bits per heavy atom. The lowest BCUT2D eigenvalue weighted by Gasteiger charge is -2.36. The third kappa shape index (κ3) is 3.89. The summed E-state index contributed by atoms with van der Waals surface area (Å²) in [5, 5.41) is 0. The van der Waals surface area contributed by atoms with Crippen molar-refractivity contribution in [1.29, 1.82) is 0 Å². The molecule has 1 aromatic rings. The molecule has 21 heavy (non-hydrogen) atoms. The summed E-state index contributed by atoms with van der Waals surface area (Å²) in [6.07, 6.45) is 3.10. The van der Waals surface area contributed by atoms with Crippen molar-refractivity contribution >= 4 is 5.69 Å². The predicted octanol–water partition coefficient (Wildman–Crippen LogP) is 2.30. The van der Waals surface area contributed by atoms with E-state index in [1.807, 2.05) is 0 Å². The molecule has 1 saturated carbocycles. The fourth-order valence-corrected chi connectivity index (χ4v) is 2.84. The Hall–Kier alpha value is -1.26. The van der Waals surface area contributed by atoms with Crippen molar-refractivity contribution in [2.24, 2.45) is 0 Å². The molecule has 0 amide bonds. The van der Waals surface area contributed by atoms with Crippen LogP contribution in [0.4, 0.5) is 5.69 Å². The molecule has 1 aromatic carbocycles. The van der Waals surface area contributed by atoms with Crippen LogP contribution in [0.2, 0.25) is 0 Å². The lowest BCUT2D eigenvalue weighted by Crippen LogP contribution is -2.47. The Kier molecular flexibility index (Phi) is 4.66. The van der Waals surface area contributed by atoms with E-state index in [9.17, 15) is 0 Å². The maximum atomic E-state index is 5.74. The first-order valence-corrected chi connectivity index (χ1v) is 8.00. The summed E-state index contributed by atoms with van der Waals surface area (Å²) < 4.78 is 11.3. The van der Waals surface area contributed by atoms with Gasteiger partial charge in [0, 0.05) is 32.7 Å². The molecule has 0 N–H and O–H groups in total. The molecule has 1 heterocycles. The van der Waals surface area contributed by atoms with Gasteiger partial charge in [0.15, 0.2) is 0 Å². The molecule has 0 aromatic heterocycles. The fraction of sp³-hybridized carbons (Fsp3) is 0.647. The number of ether oxygens (including phenoxy) is 2. The molecule has 0 atom stereocenters. The molecule has 0 radical (unpaired) electrons. The van der Waals surface area contributed by atoms with Crippen LogP contribution in [0.15, 0.2) is 18.2 Å². The van der Waals surface area contributed by atoms with E-state index in [1.165, 1.54) is 24.1 Å². The minimum Gasteiger partial charge on any atom is -0.495 e. The van der Waals surface area contributed by atoms with Gasteiger partial charge in [-0.2, -0.15) is 0 Å². The van der Waals surface area contributed by atoms with Crippen LogP contribution < -0.4 is 9.64 Å². The molecule has 2 fully saturated rings. The molecule has 1 aliphatic carbocycles. The van der Waals surface area contributed by atoms with Crippen molar-refractivity contribution in [3.63, 3.8) is 0 Å². The van der Waals surface area contributed by atoms with E-state index < -0.39 is 0 Å². The first-order valence-electron chi connectivity index (χ1n) is 8.00. The Balaban J connectivity index is 1.50. The molecule has 3 rings (SSSR count). The molecule has 0 bridgehead atoms. The van der Waals surface area contributed by atoms with Crippen molar-refractivity contribution < 1.29 is 9.47 Å². The molecule has 0 spiro atoms. The highest BCUT2D eigenvalue weighted by atomic mass is 16.5. The van der Waals surface area contributed by atoms with E-state index in [1.54, 1.807) is 7.11 Å².